The summed E-state index contributed by atoms with van der Waals surface area (Å²) in [5.41, 5.74) is 3.80. The first kappa shape index (κ1) is 21.4. The van der Waals surface area contributed by atoms with Crippen LogP contribution in [0.15, 0.2) is 59.0 Å². The average Bonchev–Trinajstić information content (AvgIpc) is 3.42. The summed E-state index contributed by atoms with van der Waals surface area (Å²) in [5, 5.41) is 13.0. The lowest BCUT2D eigenvalue weighted by Crippen LogP contribution is -2.39. The van der Waals surface area contributed by atoms with Crippen molar-refractivity contribution in [2.24, 2.45) is 0 Å². The van der Waals surface area contributed by atoms with Gasteiger partial charge in [-0.1, -0.05) is 24.3 Å². The van der Waals surface area contributed by atoms with E-state index in [0.717, 1.165) is 16.8 Å². The topological polar surface area (TPSA) is 86.2 Å². The highest BCUT2D eigenvalue weighted by Crippen LogP contribution is 2.23. The molecule has 2 aromatic carbocycles. The molecule has 0 aliphatic carbocycles. The summed E-state index contributed by atoms with van der Waals surface area (Å²) < 4.78 is 5.29. The Bertz CT molecular complexity index is 1120. The maximum absolute atomic E-state index is 12.6. The summed E-state index contributed by atoms with van der Waals surface area (Å²) in [6.07, 6.45) is 4.18. The third-order valence-corrected chi connectivity index (χ3v) is 6.19. The zero-order valence-electron chi connectivity index (χ0n) is 17.2. The fourth-order valence-electron chi connectivity index (χ4n) is 3.12. The van der Waals surface area contributed by atoms with E-state index >= 15 is 0 Å². The van der Waals surface area contributed by atoms with Gasteiger partial charge in [-0.25, -0.2) is 5.10 Å². The van der Waals surface area contributed by atoms with E-state index in [4.69, 9.17) is 16.6 Å². The number of carbonyl (C=O) groups excluding carboxylic acids is 1. The standard InChI is InChI=1S/C22H23N5O2S2/c1-27(2)17-10-3-14(4-11-17)5-12-19-24-18(13-31-19)20(28)23-16-8-6-15(7-9-16)21-25-26-22(30)29-21/h3-12,18-19,24H,13H2,1-2H3,(H,23,28)(H,26,30)/b12-5+. The predicted molar refractivity (Wildman–Crippen MR) is 129 cm³/mol. The van der Waals surface area contributed by atoms with Gasteiger partial charge in [0.25, 0.3) is 4.84 Å². The highest BCUT2D eigenvalue weighted by Gasteiger charge is 2.28. The Morgan fingerprint density at radius 1 is 1.23 bits per heavy atom. The van der Waals surface area contributed by atoms with Crippen molar-refractivity contribution in [2.45, 2.75) is 11.4 Å². The number of nitrogens with zero attached hydrogens (tertiary/aromatic N) is 2. The van der Waals surface area contributed by atoms with Crippen LogP contribution in [0, 0.1) is 4.84 Å². The van der Waals surface area contributed by atoms with Crippen molar-refractivity contribution in [3.05, 3.63) is 65.0 Å². The molecule has 2 atom stereocenters. The summed E-state index contributed by atoms with van der Waals surface area (Å²) in [7, 11) is 4.05. The minimum absolute atomic E-state index is 0.0520. The summed E-state index contributed by atoms with van der Waals surface area (Å²) in [5.74, 6) is 1.08. The van der Waals surface area contributed by atoms with Crippen molar-refractivity contribution in [1.82, 2.24) is 15.5 Å². The molecule has 1 fully saturated rings. The monoisotopic (exact) mass is 453 g/mol. The van der Waals surface area contributed by atoms with Crippen molar-refractivity contribution >= 4 is 47.3 Å². The van der Waals surface area contributed by atoms with Gasteiger partial charge in [0.2, 0.25) is 11.8 Å². The van der Waals surface area contributed by atoms with Gasteiger partial charge in [0.05, 0.1) is 11.4 Å². The third kappa shape index (κ3) is 5.43. The molecule has 7 nitrogen and oxygen atoms in total. The van der Waals surface area contributed by atoms with Gasteiger partial charge in [0.1, 0.15) is 0 Å². The SMILES string of the molecule is CN(C)c1ccc(/C=C/C2NC(C(=O)Nc3ccc(-c4n[nH]c(=S)o4)cc3)CS2)cc1. The van der Waals surface area contributed by atoms with Crippen LogP contribution < -0.4 is 15.5 Å². The molecular formula is C22H23N5O2S2. The molecule has 1 amide bonds. The van der Waals surface area contributed by atoms with Crippen LogP contribution in [0.25, 0.3) is 17.5 Å². The normalized spacial score (nSPS) is 18.4. The van der Waals surface area contributed by atoms with Crippen LogP contribution in [-0.4, -0.2) is 47.4 Å². The molecule has 3 N–H and O–H groups in total. The number of anilines is 2. The molecule has 2 unspecified atom stereocenters. The fraction of sp³-hybridized carbons (Fsp3) is 0.227. The minimum Gasteiger partial charge on any atom is -0.409 e. The van der Waals surface area contributed by atoms with E-state index in [2.05, 4.69) is 62.1 Å². The lowest BCUT2D eigenvalue weighted by atomic mass is 10.2. The zero-order valence-corrected chi connectivity index (χ0v) is 18.8. The maximum Gasteiger partial charge on any atom is 0.284 e. The van der Waals surface area contributed by atoms with Gasteiger partial charge in [-0.2, -0.15) is 0 Å². The first-order valence-electron chi connectivity index (χ1n) is 9.78. The number of H-pyrrole nitrogens is 1. The number of hydrogen-bond acceptors (Lipinski definition) is 7. The molecule has 1 aromatic heterocycles. The second kappa shape index (κ2) is 9.51. The van der Waals surface area contributed by atoms with E-state index in [0.29, 0.717) is 11.6 Å². The molecular weight excluding hydrogens is 430 g/mol. The number of hydrogen-bond donors (Lipinski definition) is 3. The van der Waals surface area contributed by atoms with Gasteiger partial charge in [-0.3, -0.25) is 10.1 Å². The molecule has 1 aliphatic rings. The van der Waals surface area contributed by atoms with Crippen LogP contribution in [0.3, 0.4) is 0 Å². The Morgan fingerprint density at radius 3 is 2.61 bits per heavy atom. The number of thioether (sulfide) groups is 1. The Labute approximate surface area is 189 Å². The molecule has 1 aliphatic heterocycles. The second-order valence-corrected chi connectivity index (χ2v) is 8.85. The molecule has 0 bridgehead atoms. The first-order chi connectivity index (χ1) is 15.0. The number of rotatable bonds is 6. The van der Waals surface area contributed by atoms with Crippen molar-refractivity contribution in [1.29, 1.82) is 0 Å². The van der Waals surface area contributed by atoms with Gasteiger partial charge in [0.15, 0.2) is 0 Å². The molecule has 3 aromatic rings. The molecule has 9 heteroatoms. The van der Waals surface area contributed by atoms with E-state index in [9.17, 15) is 4.79 Å². The summed E-state index contributed by atoms with van der Waals surface area (Å²) in [6, 6.07) is 15.4. The third-order valence-electron chi connectivity index (χ3n) is 4.83. The number of nitrogens with one attached hydrogen (secondary N) is 3. The Hall–Kier alpha value is -2.88. The Balaban J connectivity index is 1.30. The van der Waals surface area contributed by atoms with Crippen molar-refractivity contribution in [3.8, 4) is 11.5 Å². The smallest absolute Gasteiger partial charge is 0.284 e. The maximum atomic E-state index is 12.6. The van der Waals surface area contributed by atoms with Gasteiger partial charge in [-0.15, -0.1) is 16.9 Å². The lowest BCUT2D eigenvalue weighted by Gasteiger charge is -2.12. The zero-order chi connectivity index (χ0) is 21.8. The molecule has 0 saturated carbocycles. The van der Waals surface area contributed by atoms with E-state index in [1.165, 1.54) is 5.69 Å². The minimum atomic E-state index is -0.250. The largest absolute Gasteiger partial charge is 0.409 e. The predicted octanol–water partition coefficient (Wildman–Crippen LogP) is 4.15. The average molecular weight is 454 g/mol. The molecule has 4 rings (SSSR count). The van der Waals surface area contributed by atoms with Gasteiger partial charge < -0.3 is 14.6 Å². The Kier molecular flexibility index (Phi) is 6.55. The molecule has 160 valence electrons. The number of amides is 1. The summed E-state index contributed by atoms with van der Waals surface area (Å²) in [6.45, 7) is 0. The first-order valence-corrected chi connectivity index (χ1v) is 11.2. The van der Waals surface area contributed by atoms with Crippen molar-refractivity contribution < 1.29 is 9.21 Å². The van der Waals surface area contributed by atoms with Crippen LogP contribution in [-0.2, 0) is 4.79 Å². The van der Waals surface area contributed by atoms with Crippen LogP contribution in [0.5, 0.6) is 0 Å². The Morgan fingerprint density at radius 2 is 1.97 bits per heavy atom. The van der Waals surface area contributed by atoms with E-state index in [-0.39, 0.29) is 22.2 Å². The summed E-state index contributed by atoms with van der Waals surface area (Å²) >= 11 is 6.61. The lowest BCUT2D eigenvalue weighted by molar-refractivity contribution is -0.117. The molecule has 1 saturated heterocycles. The van der Waals surface area contributed by atoms with Crippen LogP contribution in [0.2, 0.25) is 0 Å². The van der Waals surface area contributed by atoms with E-state index in [1.807, 2.05) is 38.4 Å². The van der Waals surface area contributed by atoms with Gasteiger partial charge in [0, 0.05) is 36.8 Å². The van der Waals surface area contributed by atoms with Gasteiger partial charge in [-0.05, 0) is 54.2 Å². The molecule has 31 heavy (non-hydrogen) atoms. The van der Waals surface area contributed by atoms with Crippen molar-refractivity contribution in [2.75, 3.05) is 30.1 Å². The number of aromatic amines is 1. The molecule has 0 spiro atoms. The van der Waals surface area contributed by atoms with Crippen LogP contribution in [0.4, 0.5) is 11.4 Å². The van der Waals surface area contributed by atoms with Gasteiger partial charge >= 0.3 is 0 Å². The second-order valence-electron chi connectivity index (χ2n) is 7.30. The van der Waals surface area contributed by atoms with E-state index in [1.54, 1.807) is 11.8 Å². The van der Waals surface area contributed by atoms with Crippen LogP contribution >= 0.6 is 24.0 Å². The highest BCUT2D eigenvalue weighted by atomic mass is 32.2. The fourth-order valence-corrected chi connectivity index (χ4v) is 4.34. The van der Waals surface area contributed by atoms with Crippen LogP contribution in [0.1, 0.15) is 5.56 Å². The summed E-state index contributed by atoms with van der Waals surface area (Å²) in [4.78, 5) is 14.9. The highest BCUT2D eigenvalue weighted by molar-refractivity contribution is 8.00. The van der Waals surface area contributed by atoms with E-state index < -0.39 is 0 Å². The quantitative estimate of drug-likeness (QED) is 0.484. The molecule has 2 heterocycles. The number of carbonyl (C=O) groups is 1. The van der Waals surface area contributed by atoms with Crippen molar-refractivity contribution in [3.63, 3.8) is 0 Å². The molecule has 0 radical (unpaired) electrons. The number of benzene rings is 2. The number of aromatic nitrogens is 2.